The minimum atomic E-state index is -0.0557. The zero-order chi connectivity index (χ0) is 27.6. The van der Waals surface area contributed by atoms with Crippen LogP contribution in [0.4, 0.5) is 0 Å². The fourth-order valence-electron chi connectivity index (χ4n) is 4.66. The van der Waals surface area contributed by atoms with Crippen LogP contribution in [0.1, 0.15) is 36.4 Å². The van der Waals surface area contributed by atoms with Crippen LogP contribution in [0.15, 0.2) is 59.1 Å². The van der Waals surface area contributed by atoms with Gasteiger partial charge in [0.05, 0.1) is 19.8 Å². The van der Waals surface area contributed by atoms with Crippen molar-refractivity contribution in [1.29, 1.82) is 0 Å². The van der Waals surface area contributed by atoms with Crippen LogP contribution >= 0.6 is 0 Å². The lowest BCUT2D eigenvalue weighted by molar-refractivity contribution is 0.00422. The Morgan fingerprint density at radius 3 is 2.64 bits per heavy atom. The summed E-state index contributed by atoms with van der Waals surface area (Å²) in [6.07, 6.45) is 0.688. The number of carbonyl (C=O) groups excluding carboxylic acids is 1. The molecule has 39 heavy (non-hydrogen) atoms. The maximum atomic E-state index is 13.7. The Balaban J connectivity index is 1.39. The Morgan fingerprint density at radius 1 is 1.08 bits per heavy atom. The molecule has 0 spiro atoms. The van der Waals surface area contributed by atoms with Gasteiger partial charge in [-0.2, -0.15) is 0 Å². The summed E-state index contributed by atoms with van der Waals surface area (Å²) in [5.74, 6) is 1.90. The van der Waals surface area contributed by atoms with Gasteiger partial charge in [0.15, 0.2) is 17.3 Å². The number of carbonyl (C=O) groups is 1. The van der Waals surface area contributed by atoms with Crippen molar-refractivity contribution in [2.24, 2.45) is 5.92 Å². The molecule has 9 heteroatoms. The highest BCUT2D eigenvalue weighted by atomic mass is 16.5. The summed E-state index contributed by atoms with van der Waals surface area (Å²) in [6, 6.07) is 17.2. The molecular weight excluding hydrogens is 498 g/mol. The largest absolute Gasteiger partial charge is 0.493 e. The second kappa shape index (κ2) is 14.1. The summed E-state index contributed by atoms with van der Waals surface area (Å²) in [7, 11) is 3.25. The minimum Gasteiger partial charge on any atom is -0.493 e. The van der Waals surface area contributed by atoms with Gasteiger partial charge in [-0.25, -0.2) is 0 Å². The van der Waals surface area contributed by atoms with Crippen LogP contribution in [-0.2, 0) is 16.1 Å². The molecule has 2 atom stereocenters. The highest BCUT2D eigenvalue weighted by Crippen LogP contribution is 2.29. The number of nitrogens with one attached hydrogen (secondary N) is 1. The molecule has 0 saturated carbocycles. The van der Waals surface area contributed by atoms with Crippen LogP contribution in [0.3, 0.4) is 0 Å². The van der Waals surface area contributed by atoms with Crippen molar-refractivity contribution in [1.82, 2.24) is 15.4 Å². The SMILES string of the molecule is COCCCOc1cc(C(=O)N(C[C@@H]2CNC[C@@H]2OCc2cc(-c3ccccc3)no2)C(C)C)ccc1OC. The number of nitrogens with zero attached hydrogens (tertiary/aromatic N) is 2. The molecule has 1 fully saturated rings. The number of aromatic nitrogens is 1. The summed E-state index contributed by atoms with van der Waals surface area (Å²) < 4.78 is 28.2. The van der Waals surface area contributed by atoms with E-state index in [0.717, 1.165) is 24.2 Å². The first-order chi connectivity index (χ1) is 19.0. The average molecular weight is 538 g/mol. The molecule has 1 aromatic heterocycles. The van der Waals surface area contributed by atoms with Crippen molar-refractivity contribution in [3.63, 3.8) is 0 Å². The summed E-state index contributed by atoms with van der Waals surface area (Å²) in [5, 5.41) is 7.59. The maximum absolute atomic E-state index is 13.7. The number of ether oxygens (including phenoxy) is 4. The summed E-state index contributed by atoms with van der Waals surface area (Å²) in [4.78, 5) is 15.5. The van der Waals surface area contributed by atoms with Crippen LogP contribution in [-0.4, -0.2) is 75.2 Å². The van der Waals surface area contributed by atoms with E-state index in [4.69, 9.17) is 23.5 Å². The third-order valence-electron chi connectivity index (χ3n) is 6.82. The van der Waals surface area contributed by atoms with E-state index in [9.17, 15) is 4.79 Å². The predicted molar refractivity (Wildman–Crippen MR) is 148 cm³/mol. The van der Waals surface area contributed by atoms with Crippen LogP contribution in [0.5, 0.6) is 11.5 Å². The van der Waals surface area contributed by atoms with Gasteiger partial charge in [0.2, 0.25) is 0 Å². The minimum absolute atomic E-state index is 0.00891. The van der Waals surface area contributed by atoms with Crippen molar-refractivity contribution < 1.29 is 28.3 Å². The Morgan fingerprint density at radius 2 is 1.90 bits per heavy atom. The number of benzene rings is 2. The molecule has 1 aliphatic heterocycles. The lowest BCUT2D eigenvalue weighted by atomic mass is 10.0. The topological polar surface area (TPSA) is 95.3 Å². The quantitative estimate of drug-likeness (QED) is 0.302. The van der Waals surface area contributed by atoms with E-state index in [1.165, 1.54) is 0 Å². The van der Waals surface area contributed by atoms with E-state index in [2.05, 4.69) is 10.5 Å². The number of rotatable bonds is 14. The van der Waals surface area contributed by atoms with Gasteiger partial charge in [-0.3, -0.25) is 4.79 Å². The van der Waals surface area contributed by atoms with E-state index in [1.54, 1.807) is 32.4 Å². The molecular formula is C30H39N3O6. The van der Waals surface area contributed by atoms with Crippen molar-refractivity contribution in [2.75, 3.05) is 47.1 Å². The molecule has 0 radical (unpaired) electrons. The highest BCUT2D eigenvalue weighted by molar-refractivity contribution is 5.95. The van der Waals surface area contributed by atoms with Crippen molar-refractivity contribution in [3.8, 4) is 22.8 Å². The lowest BCUT2D eigenvalue weighted by Gasteiger charge is -2.31. The second-order valence-corrected chi connectivity index (χ2v) is 9.92. The summed E-state index contributed by atoms with van der Waals surface area (Å²) in [5.41, 5.74) is 2.35. The van der Waals surface area contributed by atoms with E-state index >= 15 is 0 Å². The van der Waals surface area contributed by atoms with Crippen LogP contribution in [0.2, 0.25) is 0 Å². The average Bonchev–Trinajstić information content (AvgIpc) is 3.62. The maximum Gasteiger partial charge on any atom is 0.254 e. The van der Waals surface area contributed by atoms with Crippen LogP contribution < -0.4 is 14.8 Å². The molecule has 4 rings (SSSR count). The highest BCUT2D eigenvalue weighted by Gasteiger charge is 2.32. The molecule has 9 nitrogen and oxygen atoms in total. The Labute approximate surface area is 230 Å². The molecule has 2 aromatic carbocycles. The summed E-state index contributed by atoms with van der Waals surface area (Å²) >= 11 is 0. The van der Waals surface area contributed by atoms with Crippen LogP contribution in [0, 0.1) is 5.92 Å². The zero-order valence-corrected chi connectivity index (χ0v) is 23.2. The van der Waals surface area contributed by atoms with Gasteiger partial charge < -0.3 is 33.7 Å². The lowest BCUT2D eigenvalue weighted by Crippen LogP contribution is -2.43. The monoisotopic (exact) mass is 537 g/mol. The smallest absolute Gasteiger partial charge is 0.254 e. The first kappa shape index (κ1) is 28.6. The Kier molecular flexibility index (Phi) is 10.4. The number of hydrogen-bond acceptors (Lipinski definition) is 8. The normalized spacial score (nSPS) is 16.9. The van der Waals surface area contributed by atoms with E-state index in [0.29, 0.717) is 55.7 Å². The van der Waals surface area contributed by atoms with Gasteiger partial charge in [-0.1, -0.05) is 35.5 Å². The van der Waals surface area contributed by atoms with Gasteiger partial charge in [-0.15, -0.1) is 0 Å². The number of amides is 1. The second-order valence-electron chi connectivity index (χ2n) is 9.92. The summed E-state index contributed by atoms with van der Waals surface area (Å²) in [6.45, 7) is 7.50. The molecule has 3 aromatic rings. The fraction of sp³-hybridized carbons (Fsp3) is 0.467. The van der Waals surface area contributed by atoms with Gasteiger partial charge in [0.25, 0.3) is 5.91 Å². The van der Waals surface area contributed by atoms with E-state index in [-0.39, 0.29) is 24.0 Å². The molecule has 1 amide bonds. The van der Waals surface area contributed by atoms with Gasteiger partial charge in [-0.05, 0) is 32.0 Å². The van der Waals surface area contributed by atoms with Gasteiger partial charge in [0.1, 0.15) is 12.3 Å². The molecule has 1 aliphatic rings. The molecule has 0 bridgehead atoms. The first-order valence-corrected chi connectivity index (χ1v) is 13.4. The van der Waals surface area contributed by atoms with Gasteiger partial charge >= 0.3 is 0 Å². The Bertz CT molecular complexity index is 1180. The van der Waals surface area contributed by atoms with E-state index in [1.807, 2.05) is 55.1 Å². The molecule has 1 N–H and O–H groups in total. The molecule has 0 aliphatic carbocycles. The Hall–Kier alpha value is -3.40. The molecule has 1 saturated heterocycles. The van der Waals surface area contributed by atoms with Crippen LogP contribution in [0.25, 0.3) is 11.3 Å². The zero-order valence-electron chi connectivity index (χ0n) is 23.2. The molecule has 210 valence electrons. The first-order valence-electron chi connectivity index (χ1n) is 13.4. The third-order valence-corrected chi connectivity index (χ3v) is 6.82. The predicted octanol–water partition coefficient (Wildman–Crippen LogP) is 4.42. The van der Waals surface area contributed by atoms with Gasteiger partial charge in [0, 0.05) is 68.9 Å². The van der Waals surface area contributed by atoms with Crippen molar-refractivity contribution >= 4 is 5.91 Å². The number of methoxy groups -OCH3 is 2. The van der Waals surface area contributed by atoms with E-state index < -0.39 is 0 Å². The number of hydrogen-bond donors (Lipinski definition) is 1. The standard InChI is InChI=1S/C30H39N3O6/c1-21(2)33(30(34)23-11-12-27(36-4)28(15-23)37-14-8-13-35-3)19-24-17-31-18-29(24)38-20-25-16-26(32-39-25)22-9-6-5-7-10-22/h5-7,9-12,15-16,21,24,29,31H,8,13-14,17-20H2,1-4H3/t24-,29-/m0/s1. The third kappa shape index (κ3) is 7.59. The van der Waals surface area contributed by atoms with Crippen molar-refractivity contribution in [3.05, 3.63) is 65.9 Å². The van der Waals surface area contributed by atoms with Crippen molar-refractivity contribution in [2.45, 2.75) is 39.0 Å². The molecule has 0 unspecified atom stereocenters. The fourth-order valence-corrected chi connectivity index (χ4v) is 4.66. The molecule has 2 heterocycles.